The molecule has 1 aromatic heterocycles. The van der Waals surface area contributed by atoms with Gasteiger partial charge in [0, 0.05) is 18.9 Å². The molecule has 1 aromatic carbocycles. The van der Waals surface area contributed by atoms with Crippen LogP contribution in [0.1, 0.15) is 88.1 Å². The highest BCUT2D eigenvalue weighted by atomic mass is 19.4. The fourth-order valence-electron chi connectivity index (χ4n) is 7.41. The third-order valence-electron chi connectivity index (χ3n) is 8.95. The summed E-state index contributed by atoms with van der Waals surface area (Å²) in [5.41, 5.74) is 0.240. The van der Waals surface area contributed by atoms with Gasteiger partial charge in [-0.25, -0.2) is 4.98 Å². The Morgan fingerprint density at radius 2 is 1.66 bits per heavy atom. The number of carbonyl (C=O) groups excluding carboxylic acids is 2. The van der Waals surface area contributed by atoms with E-state index in [1.54, 1.807) is 13.2 Å². The molecular weight excluding hydrogens is 493 g/mol. The van der Waals surface area contributed by atoms with Gasteiger partial charge in [-0.1, -0.05) is 25.0 Å². The number of hydrogen-bond acceptors (Lipinski definition) is 3. The number of amides is 2. The molecule has 1 atom stereocenters. The Hall–Kier alpha value is -2.84. The fourth-order valence-corrected chi connectivity index (χ4v) is 7.41. The van der Waals surface area contributed by atoms with Crippen LogP contribution in [0, 0.1) is 23.2 Å². The van der Waals surface area contributed by atoms with Gasteiger partial charge in [-0.05, 0) is 86.8 Å². The van der Waals surface area contributed by atoms with Crippen LogP contribution >= 0.6 is 0 Å². The van der Waals surface area contributed by atoms with Crippen molar-refractivity contribution in [1.29, 1.82) is 0 Å². The zero-order chi connectivity index (χ0) is 26.9. The maximum absolute atomic E-state index is 13.8. The second kappa shape index (κ2) is 10.7. The molecule has 9 heteroatoms. The van der Waals surface area contributed by atoms with Crippen LogP contribution < -0.4 is 10.6 Å². The van der Waals surface area contributed by atoms with E-state index in [2.05, 4.69) is 20.6 Å². The highest BCUT2D eigenvalue weighted by Gasteiger charge is 2.54. The van der Waals surface area contributed by atoms with E-state index in [0.717, 1.165) is 50.7 Å². The van der Waals surface area contributed by atoms with Crippen LogP contribution in [0.25, 0.3) is 11.3 Å². The SMILES string of the molecule is CNC(=O)CCCCC[C@H](NC(=O)C12CC3CC(CC(C3)C1)C2)c1ncc(-c2ccc(C(F)(F)F)cc2)[nH]1. The van der Waals surface area contributed by atoms with Gasteiger partial charge in [0.1, 0.15) is 5.82 Å². The molecule has 6 rings (SSSR count). The van der Waals surface area contributed by atoms with Crippen molar-refractivity contribution in [3.8, 4) is 11.3 Å². The molecule has 6 nitrogen and oxygen atoms in total. The third kappa shape index (κ3) is 5.76. The van der Waals surface area contributed by atoms with Crippen LogP contribution in [0.3, 0.4) is 0 Å². The predicted molar refractivity (Wildman–Crippen MR) is 138 cm³/mol. The molecule has 1 heterocycles. The van der Waals surface area contributed by atoms with Crippen molar-refractivity contribution in [2.24, 2.45) is 23.2 Å². The highest BCUT2D eigenvalue weighted by Crippen LogP contribution is 2.60. The number of halogens is 3. The summed E-state index contributed by atoms with van der Waals surface area (Å²) in [6.07, 6.45) is 7.51. The predicted octanol–water partition coefficient (Wildman–Crippen LogP) is 6.17. The van der Waals surface area contributed by atoms with Crippen molar-refractivity contribution in [2.75, 3.05) is 7.05 Å². The second-order valence-electron chi connectivity index (χ2n) is 11.8. The summed E-state index contributed by atoms with van der Waals surface area (Å²) in [5.74, 6) is 2.73. The van der Waals surface area contributed by atoms with Crippen LogP contribution in [0.4, 0.5) is 13.2 Å². The van der Waals surface area contributed by atoms with Crippen LogP contribution in [-0.4, -0.2) is 28.8 Å². The number of imidazole rings is 1. The number of carbonyl (C=O) groups is 2. The van der Waals surface area contributed by atoms with Crippen molar-refractivity contribution in [3.05, 3.63) is 41.9 Å². The van der Waals surface area contributed by atoms with Gasteiger partial charge in [-0.3, -0.25) is 9.59 Å². The standard InChI is InChI=1S/C29H37F3N4O2/c1-33-25(37)6-4-2-3-5-23(36-27(38)28-14-18-11-19(15-28)13-20(12-18)16-28)26-34-17-24(35-26)21-7-9-22(10-8-21)29(30,31)32/h7-10,17-20,23H,2-6,11-16H2,1H3,(H,33,37)(H,34,35)(H,36,38)/t18?,19?,20?,23-,28?/m0/s1. The molecule has 4 aliphatic rings. The Kier molecular flexibility index (Phi) is 7.56. The number of hydrogen-bond donors (Lipinski definition) is 3. The molecule has 3 N–H and O–H groups in total. The topological polar surface area (TPSA) is 86.9 Å². The smallest absolute Gasteiger partial charge is 0.359 e. The van der Waals surface area contributed by atoms with Crippen LogP contribution in [0.15, 0.2) is 30.5 Å². The maximum atomic E-state index is 13.8. The number of nitrogens with one attached hydrogen (secondary N) is 3. The molecule has 0 spiro atoms. The number of rotatable bonds is 10. The lowest BCUT2D eigenvalue weighted by atomic mass is 9.49. The lowest BCUT2D eigenvalue weighted by Crippen LogP contribution is -2.54. The van der Waals surface area contributed by atoms with Crippen molar-refractivity contribution in [1.82, 2.24) is 20.6 Å². The number of nitrogens with zero attached hydrogens (tertiary/aromatic N) is 1. The van der Waals surface area contributed by atoms with Gasteiger partial charge in [0.05, 0.1) is 23.5 Å². The third-order valence-corrected chi connectivity index (χ3v) is 8.95. The van der Waals surface area contributed by atoms with Gasteiger partial charge in [0.25, 0.3) is 0 Å². The highest BCUT2D eigenvalue weighted by molar-refractivity contribution is 5.83. The van der Waals surface area contributed by atoms with E-state index in [1.807, 2.05) is 0 Å². The van der Waals surface area contributed by atoms with E-state index in [0.29, 0.717) is 47.7 Å². The van der Waals surface area contributed by atoms with E-state index in [-0.39, 0.29) is 23.3 Å². The quantitative estimate of drug-likeness (QED) is 0.321. The van der Waals surface area contributed by atoms with Crippen LogP contribution in [0.2, 0.25) is 0 Å². The van der Waals surface area contributed by atoms with E-state index in [1.165, 1.54) is 31.4 Å². The average Bonchev–Trinajstić information content (AvgIpc) is 3.36. The van der Waals surface area contributed by atoms with Crippen molar-refractivity contribution in [3.63, 3.8) is 0 Å². The second-order valence-corrected chi connectivity index (χ2v) is 11.8. The number of alkyl halides is 3. The minimum Gasteiger partial charge on any atom is -0.359 e. The molecule has 4 fully saturated rings. The molecule has 0 saturated heterocycles. The number of unbranched alkanes of at least 4 members (excludes halogenated alkanes) is 2. The summed E-state index contributed by atoms with van der Waals surface area (Å²) in [6.45, 7) is 0. The Morgan fingerprint density at radius 1 is 1.03 bits per heavy atom. The van der Waals surface area contributed by atoms with Crippen molar-refractivity contribution in [2.45, 2.75) is 82.8 Å². The summed E-state index contributed by atoms with van der Waals surface area (Å²) >= 11 is 0. The van der Waals surface area contributed by atoms with Gasteiger partial charge in [0.2, 0.25) is 11.8 Å². The molecule has 2 amide bonds. The zero-order valence-electron chi connectivity index (χ0n) is 21.9. The monoisotopic (exact) mass is 530 g/mol. The minimum atomic E-state index is -4.39. The Bertz CT molecular complexity index is 1110. The lowest BCUT2D eigenvalue weighted by Gasteiger charge is -2.55. The van der Waals surface area contributed by atoms with Gasteiger partial charge in [0.15, 0.2) is 0 Å². The molecule has 206 valence electrons. The molecule has 0 radical (unpaired) electrons. The van der Waals surface area contributed by atoms with Gasteiger partial charge < -0.3 is 15.6 Å². The summed E-state index contributed by atoms with van der Waals surface area (Å²) in [4.78, 5) is 33.2. The maximum Gasteiger partial charge on any atom is 0.416 e. The van der Waals surface area contributed by atoms with E-state index in [4.69, 9.17) is 0 Å². The first-order chi connectivity index (χ1) is 18.1. The van der Waals surface area contributed by atoms with Gasteiger partial charge in [-0.15, -0.1) is 0 Å². The Balaban J connectivity index is 1.30. The summed E-state index contributed by atoms with van der Waals surface area (Å²) in [7, 11) is 1.63. The number of benzene rings is 1. The molecule has 0 aliphatic heterocycles. The van der Waals surface area contributed by atoms with Crippen molar-refractivity contribution < 1.29 is 22.8 Å². The summed E-state index contributed by atoms with van der Waals surface area (Å²) < 4.78 is 38.9. The normalized spacial score (nSPS) is 26.8. The Labute approximate surface area is 221 Å². The largest absolute Gasteiger partial charge is 0.416 e. The molecule has 0 unspecified atom stereocenters. The molecule has 38 heavy (non-hydrogen) atoms. The first-order valence-corrected chi connectivity index (χ1v) is 13.9. The van der Waals surface area contributed by atoms with Gasteiger partial charge in [-0.2, -0.15) is 13.2 Å². The molecular formula is C29H37F3N4O2. The molecule has 2 aromatic rings. The average molecular weight is 531 g/mol. The Morgan fingerprint density at radius 3 is 2.24 bits per heavy atom. The van der Waals surface area contributed by atoms with E-state index < -0.39 is 11.7 Å². The van der Waals surface area contributed by atoms with Crippen molar-refractivity contribution >= 4 is 11.8 Å². The minimum absolute atomic E-state index is 0.0175. The first kappa shape index (κ1) is 26.8. The van der Waals surface area contributed by atoms with Gasteiger partial charge >= 0.3 is 6.18 Å². The number of aromatic nitrogens is 2. The molecule has 4 saturated carbocycles. The number of H-pyrrole nitrogens is 1. The molecule has 4 aliphatic carbocycles. The fraction of sp³-hybridized carbons (Fsp3) is 0.621. The molecule has 4 bridgehead atoms. The van der Waals surface area contributed by atoms with Crippen LogP contribution in [0.5, 0.6) is 0 Å². The van der Waals surface area contributed by atoms with E-state index in [9.17, 15) is 22.8 Å². The zero-order valence-corrected chi connectivity index (χ0v) is 21.9. The summed E-state index contributed by atoms with van der Waals surface area (Å²) in [6, 6.07) is 4.67. The number of aromatic amines is 1. The first-order valence-electron chi connectivity index (χ1n) is 13.9. The van der Waals surface area contributed by atoms with Crippen LogP contribution in [-0.2, 0) is 15.8 Å². The summed E-state index contributed by atoms with van der Waals surface area (Å²) in [5, 5.41) is 5.97. The van der Waals surface area contributed by atoms with E-state index >= 15 is 0 Å². The lowest BCUT2D eigenvalue weighted by molar-refractivity contribution is -0.147.